The Hall–Kier alpha value is -3.51. The fourth-order valence-corrected chi connectivity index (χ4v) is 4.10. The maximum absolute atomic E-state index is 13.9. The number of benzene rings is 2. The number of allylic oxidation sites excluding steroid dienone is 2. The quantitative estimate of drug-likeness (QED) is 0.538. The van der Waals surface area contributed by atoms with Crippen molar-refractivity contribution < 1.29 is 23.5 Å². The number of carbonyl (C=O) groups excluding carboxylic acids is 2. The molecule has 0 fully saturated rings. The van der Waals surface area contributed by atoms with E-state index in [1.165, 1.54) is 18.4 Å². The number of ketones is 2. The van der Waals surface area contributed by atoms with Crippen LogP contribution in [-0.2, 0) is 23.2 Å². The highest BCUT2D eigenvalue weighted by Gasteiger charge is 2.35. The van der Waals surface area contributed by atoms with E-state index in [0.29, 0.717) is 44.2 Å². The third-order valence-electron chi connectivity index (χ3n) is 5.44. The lowest BCUT2D eigenvalue weighted by molar-refractivity contribution is -0.119. The van der Waals surface area contributed by atoms with Crippen LogP contribution in [-0.4, -0.2) is 21.2 Å². The molecule has 0 saturated carbocycles. The molecule has 144 valence electrons. The van der Waals surface area contributed by atoms with Gasteiger partial charge in [0, 0.05) is 51.8 Å². The first-order valence-electron chi connectivity index (χ1n) is 9.15. The van der Waals surface area contributed by atoms with Gasteiger partial charge in [-0.05, 0) is 29.8 Å². The minimum absolute atomic E-state index is 0.126. The number of aromatic nitrogens is 1. The molecule has 0 saturated heterocycles. The molecule has 0 atom stereocenters. The van der Waals surface area contributed by atoms with Crippen LogP contribution in [0.3, 0.4) is 0 Å². The van der Waals surface area contributed by atoms with Crippen LogP contribution < -0.4 is 0 Å². The molecule has 0 spiro atoms. The number of Topliss-reactive ketones (excluding diaryl/α,β-unsaturated/α-hetero) is 2. The van der Waals surface area contributed by atoms with Crippen molar-refractivity contribution in [3.05, 3.63) is 71.4 Å². The number of fused-ring (bicyclic) bond motifs is 2. The van der Waals surface area contributed by atoms with Crippen molar-refractivity contribution in [3.8, 4) is 0 Å². The van der Waals surface area contributed by atoms with Gasteiger partial charge < -0.3 is 14.1 Å². The molecule has 0 aliphatic heterocycles. The van der Waals surface area contributed by atoms with Crippen LogP contribution in [0.1, 0.15) is 23.1 Å². The minimum atomic E-state index is -0.408. The number of furan rings is 1. The predicted molar refractivity (Wildman–Crippen MR) is 106 cm³/mol. The summed E-state index contributed by atoms with van der Waals surface area (Å²) < 4.78 is 21.3. The van der Waals surface area contributed by atoms with Gasteiger partial charge in [0.1, 0.15) is 11.4 Å². The van der Waals surface area contributed by atoms with Gasteiger partial charge in [0.15, 0.2) is 11.6 Å². The van der Waals surface area contributed by atoms with Crippen molar-refractivity contribution in [3.63, 3.8) is 0 Å². The Morgan fingerprint density at radius 3 is 2.55 bits per heavy atom. The zero-order valence-electron chi connectivity index (χ0n) is 15.5. The number of halogens is 1. The van der Waals surface area contributed by atoms with Crippen molar-refractivity contribution in [1.29, 1.82) is 0 Å². The fourth-order valence-electron chi connectivity index (χ4n) is 4.10. The van der Waals surface area contributed by atoms with Gasteiger partial charge in [0.05, 0.1) is 19.3 Å². The van der Waals surface area contributed by atoms with Crippen LogP contribution >= 0.6 is 0 Å². The first-order chi connectivity index (χ1) is 14.0. The summed E-state index contributed by atoms with van der Waals surface area (Å²) >= 11 is 0. The van der Waals surface area contributed by atoms with E-state index in [9.17, 15) is 19.1 Å². The molecule has 2 aromatic heterocycles. The van der Waals surface area contributed by atoms with Crippen LogP contribution in [0.15, 0.2) is 53.3 Å². The Bertz CT molecular complexity index is 1370. The third kappa shape index (κ3) is 2.57. The molecule has 0 unspecified atom stereocenters. The average molecular weight is 389 g/mol. The third-order valence-corrected chi connectivity index (χ3v) is 5.44. The van der Waals surface area contributed by atoms with Gasteiger partial charge in [-0.25, -0.2) is 4.39 Å². The predicted octanol–water partition coefficient (Wildman–Crippen LogP) is 4.01. The number of nitrogens with zero attached hydrogens (tertiary/aromatic N) is 1. The Balaban J connectivity index is 1.82. The molecular formula is C23H16FNO4. The highest BCUT2D eigenvalue weighted by Crippen LogP contribution is 2.41. The van der Waals surface area contributed by atoms with E-state index in [1.54, 1.807) is 30.5 Å². The standard InChI is InChI=1S/C23H16FNO4/c1-25-9-16(15-7-13(24)3-5-18(15)25)22-19(27)8-20(28)23(22)17-11-29-21-6-12(10-26)2-4-14(17)21/h2-7,9,11,26H,8,10H2,1H3. The zero-order chi connectivity index (χ0) is 20.3. The number of hydrogen-bond donors (Lipinski definition) is 1. The molecule has 4 aromatic rings. The highest BCUT2D eigenvalue weighted by molar-refractivity contribution is 6.52. The van der Waals surface area contributed by atoms with E-state index in [-0.39, 0.29) is 24.6 Å². The minimum Gasteiger partial charge on any atom is -0.464 e. The largest absolute Gasteiger partial charge is 0.464 e. The lowest BCUT2D eigenvalue weighted by Gasteiger charge is -2.04. The fraction of sp³-hybridized carbons (Fsp3) is 0.130. The number of aliphatic hydroxyl groups is 1. The van der Waals surface area contributed by atoms with Gasteiger partial charge >= 0.3 is 0 Å². The van der Waals surface area contributed by atoms with E-state index < -0.39 is 5.82 Å². The molecule has 29 heavy (non-hydrogen) atoms. The molecule has 1 aliphatic carbocycles. The number of aliphatic hydroxyl groups excluding tert-OH is 1. The van der Waals surface area contributed by atoms with E-state index in [1.807, 2.05) is 11.6 Å². The van der Waals surface area contributed by atoms with Gasteiger partial charge in [-0.3, -0.25) is 9.59 Å². The Labute approximate surface area is 164 Å². The molecule has 5 nitrogen and oxygen atoms in total. The first-order valence-corrected chi connectivity index (χ1v) is 9.15. The molecule has 0 radical (unpaired) electrons. The molecule has 1 aliphatic rings. The topological polar surface area (TPSA) is 72.4 Å². The van der Waals surface area contributed by atoms with Crippen molar-refractivity contribution in [2.45, 2.75) is 13.0 Å². The Kier molecular flexibility index (Phi) is 3.79. The average Bonchev–Trinajstić information content (AvgIpc) is 3.34. The molecule has 0 amide bonds. The monoisotopic (exact) mass is 389 g/mol. The van der Waals surface area contributed by atoms with Gasteiger partial charge in [-0.1, -0.05) is 12.1 Å². The number of carbonyl (C=O) groups is 2. The van der Waals surface area contributed by atoms with E-state index in [0.717, 1.165) is 5.52 Å². The lowest BCUT2D eigenvalue weighted by Crippen LogP contribution is -1.96. The lowest BCUT2D eigenvalue weighted by atomic mass is 9.95. The van der Waals surface area contributed by atoms with E-state index >= 15 is 0 Å². The van der Waals surface area contributed by atoms with E-state index in [4.69, 9.17) is 4.42 Å². The van der Waals surface area contributed by atoms with Gasteiger partial charge in [0.25, 0.3) is 0 Å². The summed E-state index contributed by atoms with van der Waals surface area (Å²) in [6.45, 7) is -0.126. The number of aryl methyl sites for hydroxylation is 1. The summed E-state index contributed by atoms with van der Waals surface area (Å²) in [5.74, 6) is -0.982. The maximum Gasteiger partial charge on any atom is 0.172 e. The van der Waals surface area contributed by atoms with Gasteiger partial charge in [-0.15, -0.1) is 0 Å². The molecular weight excluding hydrogens is 373 g/mol. The Morgan fingerprint density at radius 2 is 1.79 bits per heavy atom. The van der Waals surface area contributed by atoms with Crippen molar-refractivity contribution in [2.24, 2.45) is 7.05 Å². The molecule has 1 N–H and O–H groups in total. The Morgan fingerprint density at radius 1 is 1.03 bits per heavy atom. The first kappa shape index (κ1) is 17.6. The summed E-state index contributed by atoms with van der Waals surface area (Å²) in [6.07, 6.45) is 2.99. The second kappa shape index (κ2) is 6.25. The van der Waals surface area contributed by atoms with Crippen LogP contribution in [0, 0.1) is 5.82 Å². The number of rotatable bonds is 3. The van der Waals surface area contributed by atoms with Crippen molar-refractivity contribution in [2.75, 3.05) is 0 Å². The molecule has 2 aromatic carbocycles. The molecule has 0 bridgehead atoms. The zero-order valence-corrected chi connectivity index (χ0v) is 15.5. The summed E-state index contributed by atoms with van der Waals surface area (Å²) in [7, 11) is 1.81. The normalized spacial score (nSPS) is 14.7. The molecule has 6 heteroatoms. The van der Waals surface area contributed by atoms with Crippen LogP contribution in [0.5, 0.6) is 0 Å². The van der Waals surface area contributed by atoms with Crippen LogP contribution in [0.25, 0.3) is 33.0 Å². The van der Waals surface area contributed by atoms with Crippen LogP contribution in [0.2, 0.25) is 0 Å². The SMILES string of the molecule is Cn1cc(C2=C(c3coc4cc(CO)ccc34)C(=O)CC2=O)c2cc(F)ccc21. The van der Waals surface area contributed by atoms with Crippen molar-refractivity contribution >= 4 is 44.6 Å². The molecule has 2 heterocycles. The summed E-state index contributed by atoms with van der Waals surface area (Å²) in [5.41, 5.74) is 3.63. The van der Waals surface area contributed by atoms with Crippen molar-refractivity contribution in [1.82, 2.24) is 4.57 Å². The smallest absolute Gasteiger partial charge is 0.172 e. The summed E-state index contributed by atoms with van der Waals surface area (Å²) in [5, 5.41) is 10.6. The van der Waals surface area contributed by atoms with Crippen LogP contribution in [0.4, 0.5) is 4.39 Å². The molecule has 5 rings (SSSR count). The number of hydrogen-bond acceptors (Lipinski definition) is 4. The summed E-state index contributed by atoms with van der Waals surface area (Å²) in [4.78, 5) is 25.6. The maximum atomic E-state index is 13.9. The second-order valence-electron chi connectivity index (χ2n) is 7.23. The second-order valence-corrected chi connectivity index (χ2v) is 7.23. The highest BCUT2D eigenvalue weighted by atomic mass is 19.1. The van der Waals surface area contributed by atoms with Gasteiger partial charge in [0.2, 0.25) is 0 Å². The van der Waals surface area contributed by atoms with Gasteiger partial charge in [-0.2, -0.15) is 0 Å². The summed E-state index contributed by atoms with van der Waals surface area (Å²) in [6, 6.07) is 9.62. The van der Waals surface area contributed by atoms with E-state index in [2.05, 4.69) is 0 Å².